The van der Waals surface area contributed by atoms with E-state index in [0.29, 0.717) is 0 Å². The summed E-state index contributed by atoms with van der Waals surface area (Å²) < 4.78 is 0. The number of aliphatic hydroxyl groups is 3. The van der Waals surface area contributed by atoms with E-state index < -0.39 is 50.2 Å². The normalized spacial score (nSPS) is 15.4. The quantitative estimate of drug-likeness (QED) is 0.194. The lowest BCUT2D eigenvalue weighted by Crippen LogP contribution is -2.38. The van der Waals surface area contributed by atoms with Crippen LogP contribution in [0.1, 0.15) is 15.9 Å². The molecular formula is C10H11NO7S2. The molecule has 0 aliphatic heterocycles. The van der Waals surface area contributed by atoms with E-state index in [1.807, 2.05) is 0 Å². The second-order valence-electron chi connectivity index (χ2n) is 3.84. The summed E-state index contributed by atoms with van der Waals surface area (Å²) in [7, 11) is 0. The molecule has 8 nitrogen and oxygen atoms in total. The van der Waals surface area contributed by atoms with Gasteiger partial charge in [0.2, 0.25) is 0 Å². The highest BCUT2D eigenvalue weighted by molar-refractivity contribution is 7.81. The Balaban J connectivity index is 3.68. The van der Waals surface area contributed by atoms with Crippen molar-refractivity contribution in [2.24, 2.45) is 0 Å². The van der Waals surface area contributed by atoms with Gasteiger partial charge in [0.05, 0.1) is 22.7 Å². The number of aliphatic hydroxyl groups excluding tert-OH is 2. The van der Waals surface area contributed by atoms with Gasteiger partial charge in [-0.1, -0.05) is 0 Å². The number of thiol groups is 2. The van der Waals surface area contributed by atoms with Crippen molar-refractivity contribution < 1.29 is 30.1 Å². The van der Waals surface area contributed by atoms with Crippen molar-refractivity contribution in [1.82, 2.24) is 0 Å². The molecular weight excluding hydrogens is 310 g/mol. The van der Waals surface area contributed by atoms with E-state index in [0.717, 1.165) is 12.1 Å². The lowest BCUT2D eigenvalue weighted by molar-refractivity contribution is -0.386. The van der Waals surface area contributed by atoms with Gasteiger partial charge in [-0.3, -0.25) is 10.1 Å². The fraction of sp³-hybridized carbons (Fsp3) is 0.300. The van der Waals surface area contributed by atoms with Gasteiger partial charge in [-0.2, -0.15) is 0 Å². The van der Waals surface area contributed by atoms with Crippen LogP contribution in [0.3, 0.4) is 0 Å². The number of nitro groups is 1. The Hall–Kier alpha value is -1.33. The Morgan fingerprint density at radius 2 is 2.05 bits per heavy atom. The zero-order valence-electron chi connectivity index (χ0n) is 9.79. The third-order valence-electron chi connectivity index (χ3n) is 2.59. The summed E-state index contributed by atoms with van der Waals surface area (Å²) in [5.41, 5.74) is -1.69. The number of carboxylic acids is 1. The van der Waals surface area contributed by atoms with Gasteiger partial charge in [0.25, 0.3) is 5.69 Å². The highest BCUT2D eigenvalue weighted by Gasteiger charge is 2.41. The van der Waals surface area contributed by atoms with E-state index in [1.54, 1.807) is 0 Å². The van der Waals surface area contributed by atoms with Crippen molar-refractivity contribution in [3.05, 3.63) is 33.4 Å². The molecule has 0 heterocycles. The maximum atomic E-state index is 11.0. The molecule has 0 aliphatic carbocycles. The summed E-state index contributed by atoms with van der Waals surface area (Å²) in [6.45, 7) is -0.943. The first-order valence-electron chi connectivity index (χ1n) is 5.12. The van der Waals surface area contributed by atoms with Crippen LogP contribution in [0.2, 0.25) is 0 Å². The van der Waals surface area contributed by atoms with Crippen molar-refractivity contribution in [2.45, 2.75) is 15.9 Å². The fourth-order valence-electron chi connectivity index (χ4n) is 1.56. The van der Waals surface area contributed by atoms with Crippen LogP contribution in [-0.4, -0.2) is 44.0 Å². The van der Waals surface area contributed by atoms with E-state index in [-0.39, 0.29) is 0 Å². The van der Waals surface area contributed by atoms with Crippen LogP contribution in [0, 0.1) is 10.1 Å². The molecule has 2 atom stereocenters. The Morgan fingerprint density at radius 3 is 2.45 bits per heavy atom. The standard InChI is InChI=1S/C10H11NO7S2/c12-3-6(13)10(16,20)7-5(11(17)18)2-1-4(8(7)19)9(14)15/h1-2,6,12-13,16,19-20H,3H2,(H,14,15). The molecule has 2 unspecified atom stereocenters. The zero-order valence-corrected chi connectivity index (χ0v) is 11.6. The average molecular weight is 321 g/mol. The van der Waals surface area contributed by atoms with Crippen molar-refractivity contribution in [3.63, 3.8) is 0 Å². The van der Waals surface area contributed by atoms with Crippen LogP contribution in [-0.2, 0) is 4.93 Å². The summed E-state index contributed by atoms with van der Waals surface area (Å²) in [5, 5.41) is 48.4. The average Bonchev–Trinajstić information content (AvgIpc) is 2.36. The molecule has 0 saturated carbocycles. The summed E-state index contributed by atoms with van der Waals surface area (Å²) in [4.78, 5) is 18.1. The first kappa shape index (κ1) is 16.7. The number of nitrogens with zero attached hydrogens (tertiary/aromatic N) is 1. The number of rotatable bonds is 5. The molecule has 0 radical (unpaired) electrons. The molecule has 0 saturated heterocycles. The highest BCUT2D eigenvalue weighted by atomic mass is 32.1. The fourth-order valence-corrected chi connectivity index (χ4v) is 2.41. The van der Waals surface area contributed by atoms with Crippen molar-refractivity contribution in [2.75, 3.05) is 6.61 Å². The lowest BCUT2D eigenvalue weighted by atomic mass is 9.99. The first-order chi connectivity index (χ1) is 9.14. The molecule has 4 N–H and O–H groups in total. The zero-order chi connectivity index (χ0) is 15.7. The second-order valence-corrected chi connectivity index (χ2v) is 4.97. The molecule has 0 aliphatic rings. The summed E-state index contributed by atoms with van der Waals surface area (Å²) in [6, 6.07) is 1.80. The predicted octanol–water partition coefficient (Wildman–Crippen LogP) is 0.00980. The predicted molar refractivity (Wildman–Crippen MR) is 73.3 cm³/mol. The Morgan fingerprint density at radius 1 is 1.50 bits per heavy atom. The highest BCUT2D eigenvalue weighted by Crippen LogP contribution is 2.41. The SMILES string of the molecule is O=C(O)c1ccc([N+](=O)[O-])c(C(O)(S)C(O)CO)c1S. The third-order valence-corrected chi connectivity index (χ3v) is 3.57. The van der Waals surface area contributed by atoms with Crippen molar-refractivity contribution in [1.29, 1.82) is 0 Å². The Bertz CT molecular complexity index is 561. The van der Waals surface area contributed by atoms with Crippen LogP contribution in [0.25, 0.3) is 0 Å². The van der Waals surface area contributed by atoms with Gasteiger partial charge in [0.15, 0.2) is 4.93 Å². The van der Waals surface area contributed by atoms with Gasteiger partial charge in [-0.05, 0) is 6.07 Å². The minimum absolute atomic E-state index is 0.411. The van der Waals surface area contributed by atoms with E-state index in [1.165, 1.54) is 0 Å². The molecule has 0 bridgehead atoms. The van der Waals surface area contributed by atoms with E-state index in [4.69, 9.17) is 10.2 Å². The van der Waals surface area contributed by atoms with Crippen LogP contribution in [0.15, 0.2) is 17.0 Å². The number of carboxylic acid groups (broad SMARTS) is 1. The Labute approximate surface area is 123 Å². The van der Waals surface area contributed by atoms with Crippen molar-refractivity contribution in [3.8, 4) is 0 Å². The first-order valence-corrected chi connectivity index (χ1v) is 6.01. The van der Waals surface area contributed by atoms with E-state index in [9.17, 15) is 25.1 Å². The minimum atomic E-state index is -2.54. The number of nitro benzene ring substituents is 1. The number of hydrogen-bond donors (Lipinski definition) is 6. The molecule has 1 rings (SSSR count). The van der Waals surface area contributed by atoms with E-state index >= 15 is 0 Å². The summed E-state index contributed by atoms with van der Waals surface area (Å²) in [6.07, 6.45) is -1.88. The van der Waals surface area contributed by atoms with Crippen LogP contribution in [0.4, 0.5) is 5.69 Å². The van der Waals surface area contributed by atoms with Gasteiger partial charge >= 0.3 is 5.97 Å². The Kier molecular flexibility index (Phi) is 5.00. The smallest absolute Gasteiger partial charge is 0.336 e. The van der Waals surface area contributed by atoms with Gasteiger partial charge in [0, 0.05) is 11.0 Å². The van der Waals surface area contributed by atoms with Crippen LogP contribution in [0.5, 0.6) is 0 Å². The molecule has 1 aromatic carbocycles. The molecule has 10 heteroatoms. The molecule has 0 spiro atoms. The molecule has 0 amide bonds. The van der Waals surface area contributed by atoms with Crippen molar-refractivity contribution >= 4 is 36.9 Å². The molecule has 20 heavy (non-hydrogen) atoms. The lowest BCUT2D eigenvalue weighted by Gasteiger charge is -2.28. The molecule has 0 fully saturated rings. The number of benzene rings is 1. The minimum Gasteiger partial charge on any atom is -0.478 e. The maximum Gasteiger partial charge on any atom is 0.336 e. The van der Waals surface area contributed by atoms with Gasteiger partial charge in [-0.15, -0.1) is 25.3 Å². The monoisotopic (exact) mass is 321 g/mol. The van der Waals surface area contributed by atoms with Gasteiger partial charge in [-0.25, -0.2) is 4.79 Å². The van der Waals surface area contributed by atoms with Crippen LogP contribution >= 0.6 is 25.3 Å². The molecule has 1 aromatic rings. The number of hydrogen-bond acceptors (Lipinski definition) is 8. The number of carbonyl (C=O) groups is 1. The third kappa shape index (κ3) is 2.88. The summed E-state index contributed by atoms with van der Waals surface area (Å²) >= 11 is 7.56. The van der Waals surface area contributed by atoms with Gasteiger partial charge < -0.3 is 20.4 Å². The second kappa shape index (κ2) is 5.97. The summed E-state index contributed by atoms with van der Waals surface area (Å²) in [5.74, 6) is -1.42. The molecule has 110 valence electrons. The number of aromatic carboxylic acids is 1. The largest absolute Gasteiger partial charge is 0.478 e. The maximum absolute atomic E-state index is 11.0. The van der Waals surface area contributed by atoms with E-state index in [2.05, 4.69) is 25.3 Å². The van der Waals surface area contributed by atoms with Gasteiger partial charge in [0.1, 0.15) is 6.10 Å². The topological polar surface area (TPSA) is 141 Å². The molecule has 0 aromatic heterocycles. The van der Waals surface area contributed by atoms with Crippen LogP contribution < -0.4 is 0 Å².